The van der Waals surface area contributed by atoms with E-state index in [1.165, 1.54) is 153 Å². The first kappa shape index (κ1) is 47.0. The maximum absolute atomic E-state index is 6.45. The van der Waals surface area contributed by atoms with Crippen LogP contribution in [0.3, 0.4) is 0 Å². The minimum atomic E-state index is -0.0825. The number of aromatic nitrogens is 3. The molecule has 20 rings (SSSR count). The predicted octanol–water partition coefficient (Wildman–Crippen LogP) is 17.1. The van der Waals surface area contributed by atoms with Crippen molar-refractivity contribution in [2.75, 3.05) is 0 Å². The normalized spacial score (nSPS) is 15.8. The van der Waals surface area contributed by atoms with E-state index in [2.05, 4.69) is 262 Å². The van der Waals surface area contributed by atoms with Crippen LogP contribution in [0.15, 0.2) is 207 Å². The molecule has 6 aliphatic rings. The molecule has 0 fully saturated rings. The zero-order valence-electron chi connectivity index (χ0n) is 47.3. The topological polar surface area (TPSA) is 39.3 Å². The third-order valence-electron chi connectivity index (χ3n) is 19.8. The Kier molecular flexibility index (Phi) is 9.23. The maximum Gasteiger partial charge on any atom is 0.293 e. The minimum absolute atomic E-state index is 0.0419. The molecular weight excluding hydrogens is 1010 g/mol. The third-order valence-corrected chi connectivity index (χ3v) is 19.8. The summed E-state index contributed by atoms with van der Waals surface area (Å²) in [6, 6.07) is 70.5. The first-order valence-electron chi connectivity index (χ1n) is 29.3. The van der Waals surface area contributed by atoms with Gasteiger partial charge in [0, 0.05) is 65.9 Å². The Morgan fingerprint density at radius 3 is 1.29 bits per heavy atom. The Hall–Kier alpha value is -9.65. The monoisotopic (exact) mass is 1070 g/mol. The lowest BCUT2D eigenvalue weighted by molar-refractivity contribution is -0.716. The Morgan fingerprint density at radius 1 is 0.301 bits per heavy atom. The van der Waals surface area contributed by atoms with E-state index in [1.807, 2.05) is 0 Å². The molecule has 3 aromatic heterocycles. The quantitative estimate of drug-likeness (QED) is 0.0863. The van der Waals surface area contributed by atoms with Crippen molar-refractivity contribution >= 4 is 86.3 Å². The van der Waals surface area contributed by atoms with Crippen molar-refractivity contribution in [2.24, 2.45) is 0 Å². The summed E-state index contributed by atoms with van der Waals surface area (Å²) < 4.78 is 26.1. The van der Waals surface area contributed by atoms with Gasteiger partial charge >= 0.3 is 0 Å². The van der Waals surface area contributed by atoms with Gasteiger partial charge in [-0.2, -0.15) is 13.7 Å². The summed E-state index contributed by atoms with van der Waals surface area (Å²) in [6.45, 7) is 15.8. The van der Waals surface area contributed by atoms with Gasteiger partial charge in [0.05, 0.1) is 22.1 Å². The highest BCUT2D eigenvalue weighted by Gasteiger charge is 2.50. The molecule has 6 heteroatoms. The van der Waals surface area contributed by atoms with Gasteiger partial charge in [0.15, 0.2) is 12.4 Å². The fourth-order valence-corrected chi connectivity index (χ4v) is 15.9. The lowest BCUT2D eigenvalue weighted by Gasteiger charge is -2.22. The number of hydrogen-bond donors (Lipinski definition) is 0. The average Bonchev–Trinajstić information content (AvgIpc) is 4.04. The van der Waals surface area contributed by atoms with Crippen LogP contribution in [0.2, 0.25) is 0 Å². The van der Waals surface area contributed by atoms with Crippen LogP contribution >= 0.6 is 0 Å². The number of rotatable bonds is 0. The predicted molar refractivity (Wildman–Crippen MR) is 335 cm³/mol. The lowest BCUT2D eigenvalue weighted by atomic mass is 9.80. The van der Waals surface area contributed by atoms with Gasteiger partial charge in [-0.1, -0.05) is 181 Å². The van der Waals surface area contributed by atoms with Gasteiger partial charge in [-0.25, -0.2) is 0 Å². The van der Waals surface area contributed by atoms with Gasteiger partial charge < -0.3 is 14.2 Å². The van der Waals surface area contributed by atoms with Crippen LogP contribution in [-0.4, -0.2) is 0 Å². The molecule has 14 aromatic rings. The molecular formula is C77H58N3O3+3. The summed E-state index contributed by atoms with van der Waals surface area (Å²) in [7, 11) is 0. The highest BCUT2D eigenvalue weighted by molar-refractivity contribution is 6.09. The van der Waals surface area contributed by atoms with E-state index in [-0.39, 0.29) is 16.2 Å². The van der Waals surface area contributed by atoms with Gasteiger partial charge in [-0.05, 0) is 114 Å². The van der Waals surface area contributed by atoms with E-state index in [9.17, 15) is 0 Å². The molecule has 0 spiro atoms. The van der Waals surface area contributed by atoms with Gasteiger partial charge in [0.25, 0.3) is 20.2 Å². The molecule has 83 heavy (non-hydrogen) atoms. The largest absolute Gasteiger partial charge is 0.434 e. The van der Waals surface area contributed by atoms with E-state index in [4.69, 9.17) is 14.2 Å². The molecule has 0 bridgehead atoms. The molecule has 11 aromatic carbocycles. The molecule has 0 N–H and O–H groups in total. The van der Waals surface area contributed by atoms with Crippen LogP contribution in [0.25, 0.3) is 120 Å². The fraction of sp³-hybridized carbons (Fsp3) is 0.156. The molecule has 0 saturated carbocycles. The van der Waals surface area contributed by atoms with Crippen molar-refractivity contribution in [1.82, 2.24) is 0 Å². The van der Waals surface area contributed by atoms with E-state index in [0.29, 0.717) is 20.2 Å². The van der Waals surface area contributed by atoms with Crippen molar-refractivity contribution < 1.29 is 27.9 Å². The van der Waals surface area contributed by atoms with Gasteiger partial charge in [-0.15, -0.1) is 0 Å². The van der Waals surface area contributed by atoms with Crippen LogP contribution in [0, 0.1) is 0 Å². The van der Waals surface area contributed by atoms with E-state index in [1.54, 1.807) is 0 Å². The molecule has 0 amide bonds. The lowest BCUT2D eigenvalue weighted by Crippen LogP contribution is -2.43. The summed E-state index contributed by atoms with van der Waals surface area (Å²) in [5.41, 5.74) is 17.3. The highest BCUT2D eigenvalue weighted by Crippen LogP contribution is 2.59. The number of hydrogen-bond acceptors (Lipinski definition) is 3. The second-order valence-corrected chi connectivity index (χ2v) is 25.3. The minimum Gasteiger partial charge on any atom is -0.434 e. The number of ether oxygens (including phenoxy) is 3. The van der Waals surface area contributed by atoms with Gasteiger partial charge in [0.2, 0.25) is 22.6 Å². The van der Waals surface area contributed by atoms with E-state index < -0.39 is 0 Å². The van der Waals surface area contributed by atoms with Crippen molar-refractivity contribution in [2.45, 2.75) is 78.0 Å². The number of fused-ring (bicyclic) bond motifs is 15. The summed E-state index contributed by atoms with van der Waals surface area (Å²) >= 11 is 0. The Balaban J connectivity index is 0.0000000954. The van der Waals surface area contributed by atoms with Crippen molar-refractivity contribution in [3.8, 4) is 51.0 Å². The molecule has 0 unspecified atom stereocenters. The van der Waals surface area contributed by atoms with Crippen molar-refractivity contribution in [1.29, 1.82) is 0 Å². The zero-order valence-corrected chi connectivity index (χ0v) is 47.3. The van der Waals surface area contributed by atoms with Crippen LogP contribution in [0.5, 0.6) is 17.2 Å². The van der Waals surface area contributed by atoms with Gasteiger partial charge in [-0.3, -0.25) is 0 Å². The zero-order chi connectivity index (χ0) is 55.4. The van der Waals surface area contributed by atoms with Crippen molar-refractivity contribution in [3.63, 3.8) is 0 Å². The Labute approximate surface area is 480 Å². The standard InChI is InChI=1S/2C27H20NO.C23H18NO/c1-27(2)21-13-17-8-4-6-10-19(17)26-24(21)25-22(27)14-20-18-9-5-3-7-16(18)11-12-23(20)28(25)15-29-26;1-27(2)22-13-18-9-5-6-10-20(18)26-23(22)25-24(27)21-12-17-8-4-3-7-16(17)11-19(21)14-28(25)15-29-26;1-23(2)18-11-14-7-3-6-10-17(14)22-19(18)21-20(23)16-9-5-4-8-15(16)12-24(21)13-25-22/h2*3-14H,15H2,1-2H3;3-12H,13H2,1-2H3/q3*+1. The first-order valence-corrected chi connectivity index (χ1v) is 29.3. The first-order chi connectivity index (χ1) is 40.4. The molecule has 6 heterocycles. The van der Waals surface area contributed by atoms with Crippen LogP contribution in [0.4, 0.5) is 0 Å². The number of nitrogens with zero attached hydrogens (tertiary/aromatic N) is 3. The Bertz CT molecular complexity index is 5300. The molecule has 0 saturated heterocycles. The molecule has 0 atom stereocenters. The summed E-state index contributed by atoms with van der Waals surface area (Å²) in [5, 5.41) is 19.1. The highest BCUT2D eigenvalue weighted by atomic mass is 16.5. The second-order valence-electron chi connectivity index (χ2n) is 25.3. The number of pyridine rings is 3. The van der Waals surface area contributed by atoms with Crippen molar-refractivity contribution in [3.05, 3.63) is 240 Å². The number of benzene rings is 11. The smallest absolute Gasteiger partial charge is 0.293 e. The Morgan fingerprint density at radius 2 is 0.723 bits per heavy atom. The van der Waals surface area contributed by atoms with Crippen LogP contribution < -0.4 is 27.9 Å². The molecule has 396 valence electrons. The van der Waals surface area contributed by atoms with E-state index in [0.717, 1.165) is 17.2 Å². The SMILES string of the molecule is CC1(C)c2cc3ccccc3c3c2-c2c1c1cc4ccccc4cc1c[n+]2CO3.CC1(C)c2cc3ccccc3c3c2-c2c1c1ccccc1c[n+]2CO3.CC1(C)c2cc3ccccc3c3c2-c2c1cc1c4ccccc4ccc1[n+]2CO3. The van der Waals surface area contributed by atoms with Crippen LogP contribution in [-0.2, 0) is 36.4 Å². The summed E-state index contributed by atoms with van der Waals surface area (Å²) in [5.74, 6) is 3.14. The second kappa shape index (κ2) is 16.3. The summed E-state index contributed by atoms with van der Waals surface area (Å²) in [6.07, 6.45) is 4.50. The molecule has 6 nitrogen and oxygen atoms in total. The molecule has 0 radical (unpaired) electrons. The van der Waals surface area contributed by atoms with Crippen LogP contribution in [0.1, 0.15) is 74.9 Å². The molecule has 3 aliphatic heterocycles. The van der Waals surface area contributed by atoms with Gasteiger partial charge in [0.1, 0.15) is 17.2 Å². The average molecular weight is 1070 g/mol. The fourth-order valence-electron chi connectivity index (χ4n) is 15.9. The van der Waals surface area contributed by atoms with E-state index >= 15 is 0 Å². The summed E-state index contributed by atoms with van der Waals surface area (Å²) in [4.78, 5) is 0. The third kappa shape index (κ3) is 6.20. The molecule has 3 aliphatic carbocycles. The maximum atomic E-state index is 6.45.